The average molecular weight is 448 g/mol. The Bertz CT molecular complexity index is 957. The SMILES string of the molecule is CC(OC(=O)C1CCCN(C(=O)Nc2ccccc2)C1)C(=O)Nc1ccc(F)cc1Cl. The highest BCUT2D eigenvalue weighted by Gasteiger charge is 2.31. The minimum atomic E-state index is -1.08. The molecule has 31 heavy (non-hydrogen) atoms. The van der Waals surface area contributed by atoms with Crippen LogP contribution in [0.4, 0.5) is 20.6 Å². The number of amides is 3. The first-order chi connectivity index (χ1) is 14.8. The second-order valence-electron chi connectivity index (χ2n) is 7.27. The molecular formula is C22H23ClFN3O4. The van der Waals surface area contributed by atoms with Crippen LogP contribution in [0.2, 0.25) is 5.02 Å². The number of urea groups is 1. The van der Waals surface area contributed by atoms with Crippen LogP contribution in [0.5, 0.6) is 0 Å². The minimum absolute atomic E-state index is 0.0410. The first-order valence-electron chi connectivity index (χ1n) is 9.91. The van der Waals surface area contributed by atoms with Gasteiger partial charge in [0.05, 0.1) is 16.6 Å². The molecule has 2 unspecified atom stereocenters. The molecular weight excluding hydrogens is 425 g/mol. The summed E-state index contributed by atoms with van der Waals surface area (Å²) in [4.78, 5) is 38.9. The van der Waals surface area contributed by atoms with E-state index in [0.29, 0.717) is 25.1 Å². The number of nitrogens with zero attached hydrogens (tertiary/aromatic N) is 1. The van der Waals surface area contributed by atoms with Crippen molar-refractivity contribution in [2.24, 2.45) is 5.92 Å². The molecule has 1 heterocycles. The van der Waals surface area contributed by atoms with Crippen molar-refractivity contribution in [2.75, 3.05) is 23.7 Å². The molecule has 0 aromatic heterocycles. The molecule has 164 valence electrons. The number of likely N-dealkylation sites (tertiary alicyclic amines) is 1. The van der Waals surface area contributed by atoms with Gasteiger partial charge >= 0.3 is 12.0 Å². The number of nitrogens with one attached hydrogen (secondary N) is 2. The van der Waals surface area contributed by atoms with Crippen LogP contribution in [-0.4, -0.2) is 42.0 Å². The molecule has 0 spiro atoms. The summed E-state index contributed by atoms with van der Waals surface area (Å²) in [7, 11) is 0. The summed E-state index contributed by atoms with van der Waals surface area (Å²) in [5, 5.41) is 5.35. The van der Waals surface area contributed by atoms with Crippen LogP contribution in [0.1, 0.15) is 19.8 Å². The molecule has 0 bridgehead atoms. The maximum atomic E-state index is 13.1. The highest BCUT2D eigenvalue weighted by molar-refractivity contribution is 6.33. The van der Waals surface area contributed by atoms with Gasteiger partial charge in [0.15, 0.2) is 6.10 Å². The molecule has 0 radical (unpaired) electrons. The quantitative estimate of drug-likeness (QED) is 0.669. The number of anilines is 2. The van der Waals surface area contributed by atoms with Crippen molar-refractivity contribution in [1.82, 2.24) is 4.90 Å². The zero-order valence-electron chi connectivity index (χ0n) is 16.9. The molecule has 1 aliphatic rings. The van der Waals surface area contributed by atoms with E-state index in [1.165, 1.54) is 13.0 Å². The largest absolute Gasteiger partial charge is 0.452 e. The maximum Gasteiger partial charge on any atom is 0.321 e. The van der Waals surface area contributed by atoms with Crippen LogP contribution in [0.15, 0.2) is 48.5 Å². The summed E-state index contributed by atoms with van der Waals surface area (Å²) in [6.07, 6.45) is 0.127. The molecule has 1 saturated heterocycles. The van der Waals surface area contributed by atoms with E-state index < -0.39 is 29.7 Å². The van der Waals surface area contributed by atoms with Crippen LogP contribution < -0.4 is 10.6 Å². The van der Waals surface area contributed by atoms with Crippen LogP contribution in [0.25, 0.3) is 0 Å². The molecule has 0 saturated carbocycles. The highest BCUT2D eigenvalue weighted by Crippen LogP contribution is 2.23. The Morgan fingerprint density at radius 2 is 1.90 bits per heavy atom. The summed E-state index contributed by atoms with van der Waals surface area (Å²) < 4.78 is 18.4. The van der Waals surface area contributed by atoms with Crippen molar-refractivity contribution in [3.05, 3.63) is 59.4 Å². The van der Waals surface area contributed by atoms with Gasteiger partial charge in [-0.2, -0.15) is 0 Å². The van der Waals surface area contributed by atoms with E-state index in [0.717, 1.165) is 12.1 Å². The lowest BCUT2D eigenvalue weighted by Gasteiger charge is -2.32. The van der Waals surface area contributed by atoms with Crippen LogP contribution in [0.3, 0.4) is 0 Å². The van der Waals surface area contributed by atoms with E-state index in [4.69, 9.17) is 16.3 Å². The number of carbonyl (C=O) groups is 3. The van der Waals surface area contributed by atoms with Gasteiger partial charge in [-0.3, -0.25) is 9.59 Å². The monoisotopic (exact) mass is 447 g/mol. The van der Waals surface area contributed by atoms with Crippen molar-refractivity contribution in [3.8, 4) is 0 Å². The molecule has 3 amide bonds. The van der Waals surface area contributed by atoms with Crippen LogP contribution in [-0.2, 0) is 14.3 Å². The Balaban J connectivity index is 1.53. The van der Waals surface area contributed by atoms with Gasteiger partial charge in [-0.15, -0.1) is 0 Å². The summed E-state index contributed by atoms with van der Waals surface area (Å²) in [6, 6.07) is 12.3. The number of piperidine rings is 1. The number of para-hydroxylation sites is 1. The maximum absolute atomic E-state index is 13.1. The lowest BCUT2D eigenvalue weighted by molar-refractivity contribution is -0.158. The number of benzene rings is 2. The van der Waals surface area contributed by atoms with Crippen molar-refractivity contribution in [2.45, 2.75) is 25.9 Å². The highest BCUT2D eigenvalue weighted by atomic mass is 35.5. The van der Waals surface area contributed by atoms with Gasteiger partial charge in [0.25, 0.3) is 5.91 Å². The van der Waals surface area contributed by atoms with Gasteiger partial charge in [0.1, 0.15) is 5.82 Å². The summed E-state index contributed by atoms with van der Waals surface area (Å²) >= 11 is 5.90. The van der Waals surface area contributed by atoms with Crippen LogP contribution >= 0.6 is 11.6 Å². The molecule has 2 N–H and O–H groups in total. The number of carbonyl (C=O) groups excluding carboxylic acids is 3. The minimum Gasteiger partial charge on any atom is -0.452 e. The lowest BCUT2D eigenvalue weighted by atomic mass is 9.98. The van der Waals surface area contributed by atoms with Gasteiger partial charge in [0.2, 0.25) is 0 Å². The number of hydrogen-bond donors (Lipinski definition) is 2. The average Bonchev–Trinajstić information content (AvgIpc) is 2.76. The second-order valence-corrected chi connectivity index (χ2v) is 7.68. The summed E-state index contributed by atoms with van der Waals surface area (Å²) in [5.74, 6) is -2.19. The van der Waals surface area contributed by atoms with E-state index in [1.807, 2.05) is 18.2 Å². The molecule has 1 fully saturated rings. The molecule has 7 nitrogen and oxygen atoms in total. The number of halogens is 2. The Morgan fingerprint density at radius 3 is 2.61 bits per heavy atom. The Kier molecular flexibility index (Phi) is 7.46. The molecule has 2 aromatic rings. The fourth-order valence-corrected chi connectivity index (χ4v) is 3.44. The van der Waals surface area contributed by atoms with E-state index in [2.05, 4.69) is 10.6 Å². The smallest absolute Gasteiger partial charge is 0.321 e. The van der Waals surface area contributed by atoms with Gasteiger partial charge in [-0.05, 0) is 50.1 Å². The Morgan fingerprint density at radius 1 is 1.16 bits per heavy atom. The number of ether oxygens (including phenoxy) is 1. The topological polar surface area (TPSA) is 87.7 Å². The van der Waals surface area contributed by atoms with E-state index >= 15 is 0 Å². The number of hydrogen-bond acceptors (Lipinski definition) is 4. The molecule has 3 rings (SSSR count). The molecule has 2 aromatic carbocycles. The Labute approximate surface area is 184 Å². The third-order valence-electron chi connectivity index (χ3n) is 4.92. The molecule has 1 aliphatic heterocycles. The zero-order chi connectivity index (χ0) is 22.4. The summed E-state index contributed by atoms with van der Waals surface area (Å²) in [6.45, 7) is 2.17. The van der Waals surface area contributed by atoms with Crippen LogP contribution in [0, 0.1) is 11.7 Å². The number of rotatable bonds is 5. The predicted octanol–water partition coefficient (Wildman–Crippen LogP) is 4.29. The first kappa shape index (κ1) is 22.6. The summed E-state index contributed by atoms with van der Waals surface area (Å²) in [5.41, 5.74) is 0.888. The third kappa shape index (κ3) is 6.18. The van der Waals surface area contributed by atoms with Crippen molar-refractivity contribution >= 4 is 40.9 Å². The lowest BCUT2D eigenvalue weighted by Crippen LogP contribution is -2.45. The third-order valence-corrected chi connectivity index (χ3v) is 5.23. The normalized spacial score (nSPS) is 16.9. The predicted molar refractivity (Wildman–Crippen MR) is 115 cm³/mol. The Hall–Kier alpha value is -3.13. The molecule has 2 atom stereocenters. The molecule has 9 heteroatoms. The van der Waals surface area contributed by atoms with Crippen molar-refractivity contribution in [1.29, 1.82) is 0 Å². The van der Waals surface area contributed by atoms with Gasteiger partial charge in [-0.25, -0.2) is 9.18 Å². The second kappa shape index (κ2) is 10.3. The zero-order valence-corrected chi connectivity index (χ0v) is 17.7. The van der Waals surface area contributed by atoms with E-state index in [1.54, 1.807) is 17.0 Å². The van der Waals surface area contributed by atoms with Crippen molar-refractivity contribution in [3.63, 3.8) is 0 Å². The van der Waals surface area contributed by atoms with Gasteiger partial charge in [-0.1, -0.05) is 29.8 Å². The first-order valence-corrected chi connectivity index (χ1v) is 10.3. The number of esters is 1. The van der Waals surface area contributed by atoms with Crippen molar-refractivity contribution < 1.29 is 23.5 Å². The van der Waals surface area contributed by atoms with E-state index in [-0.39, 0.29) is 23.3 Å². The standard InChI is InChI=1S/C22H23ClFN3O4/c1-14(20(28)26-19-10-9-16(24)12-18(19)23)31-21(29)15-6-5-11-27(13-15)22(30)25-17-7-3-2-4-8-17/h2-4,7-10,12,14-15H,5-6,11,13H2,1H3,(H,25,30)(H,26,28). The fraction of sp³-hybridized carbons (Fsp3) is 0.318. The van der Waals surface area contributed by atoms with E-state index in [9.17, 15) is 18.8 Å². The molecule has 0 aliphatic carbocycles. The van der Waals surface area contributed by atoms with Gasteiger partial charge in [0, 0.05) is 18.8 Å². The van der Waals surface area contributed by atoms with Gasteiger partial charge < -0.3 is 20.3 Å². The fourth-order valence-electron chi connectivity index (χ4n) is 3.23.